The zero-order chi connectivity index (χ0) is 18.9. The predicted molar refractivity (Wildman–Crippen MR) is 92.1 cm³/mol. The van der Waals surface area contributed by atoms with Crippen LogP contribution in [0.25, 0.3) is 0 Å². The molecule has 0 heterocycles. The SMILES string of the molecule is C=O.CCOC(=O)NCCOCCCCNC.O=CCCCC=O. The van der Waals surface area contributed by atoms with Gasteiger partial charge in [-0.15, -0.1) is 0 Å². The molecule has 0 bridgehead atoms. The number of unbranched alkanes of at least 4 members (excludes halogenated alkanes) is 3. The second-order valence-corrected chi connectivity index (χ2v) is 4.33. The molecule has 0 fully saturated rings. The molecule has 8 nitrogen and oxygen atoms in total. The molecule has 0 saturated carbocycles. The molecule has 142 valence electrons. The van der Waals surface area contributed by atoms with Gasteiger partial charge in [0.25, 0.3) is 0 Å². The van der Waals surface area contributed by atoms with Crippen LogP contribution in [0.5, 0.6) is 0 Å². The Balaban J connectivity index is -0.000000410. The molecule has 1 amide bonds. The van der Waals surface area contributed by atoms with Crippen molar-refractivity contribution in [1.82, 2.24) is 10.6 Å². The molecular weight excluding hydrogens is 316 g/mol. The maximum Gasteiger partial charge on any atom is 0.407 e. The third kappa shape index (κ3) is 32.2. The summed E-state index contributed by atoms with van der Waals surface area (Å²) in [5.41, 5.74) is 0. The lowest BCUT2D eigenvalue weighted by molar-refractivity contribution is -0.109. The van der Waals surface area contributed by atoms with Crippen LogP contribution in [0.3, 0.4) is 0 Å². The summed E-state index contributed by atoms with van der Waals surface area (Å²) in [6.07, 6.45) is 5.15. The van der Waals surface area contributed by atoms with Gasteiger partial charge in [0.15, 0.2) is 0 Å². The molecule has 8 heteroatoms. The third-order valence-electron chi connectivity index (χ3n) is 2.40. The van der Waals surface area contributed by atoms with Crippen molar-refractivity contribution in [3.8, 4) is 0 Å². The second-order valence-electron chi connectivity index (χ2n) is 4.33. The minimum absolute atomic E-state index is 0.378. The number of carbonyl (C=O) groups is 4. The highest BCUT2D eigenvalue weighted by molar-refractivity contribution is 5.66. The molecule has 0 rings (SSSR count). The van der Waals surface area contributed by atoms with Gasteiger partial charge in [-0.05, 0) is 39.8 Å². The van der Waals surface area contributed by atoms with E-state index in [4.69, 9.17) is 9.53 Å². The van der Waals surface area contributed by atoms with Crippen LogP contribution in [0.2, 0.25) is 0 Å². The second kappa shape index (κ2) is 29.2. The Morgan fingerprint density at radius 1 is 1.00 bits per heavy atom. The van der Waals surface area contributed by atoms with E-state index in [-0.39, 0.29) is 6.09 Å². The number of nitrogens with one attached hydrogen (secondary N) is 2. The molecule has 0 aromatic rings. The van der Waals surface area contributed by atoms with Crippen molar-refractivity contribution in [3.05, 3.63) is 0 Å². The predicted octanol–water partition coefficient (Wildman–Crippen LogP) is 1.12. The number of hydrogen-bond donors (Lipinski definition) is 2. The Kier molecular flexibility index (Phi) is 33.0. The van der Waals surface area contributed by atoms with Crippen LogP contribution >= 0.6 is 0 Å². The first kappa shape index (κ1) is 27.1. The zero-order valence-corrected chi connectivity index (χ0v) is 14.9. The summed E-state index contributed by atoms with van der Waals surface area (Å²) in [4.78, 5) is 37.9. The first-order chi connectivity index (χ1) is 11.7. The van der Waals surface area contributed by atoms with Crippen LogP contribution in [-0.2, 0) is 23.9 Å². The molecule has 0 aliphatic rings. The van der Waals surface area contributed by atoms with Gasteiger partial charge in [-0.3, -0.25) is 0 Å². The van der Waals surface area contributed by atoms with Gasteiger partial charge in [-0.25, -0.2) is 4.79 Å². The topological polar surface area (TPSA) is 111 Å². The number of hydrogen-bond acceptors (Lipinski definition) is 7. The van der Waals surface area contributed by atoms with E-state index in [2.05, 4.69) is 15.4 Å². The van der Waals surface area contributed by atoms with Crippen molar-refractivity contribution >= 4 is 25.5 Å². The molecule has 0 aliphatic carbocycles. The average molecular weight is 348 g/mol. The van der Waals surface area contributed by atoms with Crippen molar-refractivity contribution in [2.24, 2.45) is 0 Å². The van der Waals surface area contributed by atoms with Gasteiger partial charge in [0.05, 0.1) is 13.2 Å². The fourth-order valence-electron chi connectivity index (χ4n) is 1.30. The number of ether oxygens (including phenoxy) is 2. The van der Waals surface area contributed by atoms with Gasteiger partial charge in [0.1, 0.15) is 19.4 Å². The van der Waals surface area contributed by atoms with Crippen LogP contribution < -0.4 is 10.6 Å². The number of rotatable bonds is 13. The molecule has 0 spiro atoms. The molecule has 0 atom stereocenters. The van der Waals surface area contributed by atoms with E-state index in [1.54, 1.807) is 6.92 Å². The molecule has 0 aromatic heterocycles. The Bertz CT molecular complexity index is 269. The number of alkyl carbamates (subject to hydrolysis) is 1. The van der Waals surface area contributed by atoms with Crippen LogP contribution in [0.15, 0.2) is 0 Å². The van der Waals surface area contributed by atoms with Gasteiger partial charge in [0, 0.05) is 26.0 Å². The maximum atomic E-state index is 10.8. The fourth-order valence-corrected chi connectivity index (χ4v) is 1.30. The van der Waals surface area contributed by atoms with Gasteiger partial charge >= 0.3 is 6.09 Å². The summed E-state index contributed by atoms with van der Waals surface area (Å²) in [5, 5.41) is 5.66. The molecule has 0 saturated heterocycles. The van der Waals surface area contributed by atoms with Gasteiger partial charge in [-0.1, -0.05) is 0 Å². The number of amides is 1. The molecule has 0 aliphatic heterocycles. The van der Waals surface area contributed by atoms with E-state index >= 15 is 0 Å². The summed E-state index contributed by atoms with van der Waals surface area (Å²) in [7, 11) is 1.93. The van der Waals surface area contributed by atoms with Crippen LogP contribution in [0.1, 0.15) is 39.0 Å². The minimum Gasteiger partial charge on any atom is -0.450 e. The van der Waals surface area contributed by atoms with Gasteiger partial charge in [0.2, 0.25) is 0 Å². The molecule has 2 N–H and O–H groups in total. The lowest BCUT2D eigenvalue weighted by Gasteiger charge is -2.06. The zero-order valence-electron chi connectivity index (χ0n) is 14.9. The lowest BCUT2D eigenvalue weighted by atomic mass is 10.3. The smallest absolute Gasteiger partial charge is 0.407 e. The van der Waals surface area contributed by atoms with Crippen molar-refractivity contribution in [2.75, 3.05) is 40.0 Å². The van der Waals surface area contributed by atoms with Crippen LogP contribution in [-0.4, -0.2) is 65.4 Å². The normalized spacial score (nSPS) is 8.75. The van der Waals surface area contributed by atoms with Crippen molar-refractivity contribution in [2.45, 2.75) is 39.0 Å². The number of aldehydes is 2. The highest BCUT2D eigenvalue weighted by Gasteiger charge is 1.97. The van der Waals surface area contributed by atoms with Crippen molar-refractivity contribution in [1.29, 1.82) is 0 Å². The fraction of sp³-hybridized carbons (Fsp3) is 0.750. The number of carbonyl (C=O) groups excluding carboxylic acids is 4. The van der Waals surface area contributed by atoms with E-state index in [1.807, 2.05) is 13.8 Å². The van der Waals surface area contributed by atoms with Crippen molar-refractivity contribution in [3.63, 3.8) is 0 Å². The summed E-state index contributed by atoms with van der Waals surface area (Å²) in [5.74, 6) is 0. The van der Waals surface area contributed by atoms with Crippen LogP contribution in [0, 0.1) is 0 Å². The molecule has 0 unspecified atom stereocenters. The Hall–Kier alpha value is -1.80. The van der Waals surface area contributed by atoms with E-state index in [0.717, 1.165) is 38.6 Å². The molecule has 24 heavy (non-hydrogen) atoms. The molecule has 0 aromatic carbocycles. The van der Waals surface area contributed by atoms with Crippen molar-refractivity contribution < 1.29 is 28.7 Å². The van der Waals surface area contributed by atoms with Gasteiger partial charge < -0.3 is 34.5 Å². The summed E-state index contributed by atoms with van der Waals surface area (Å²) < 4.78 is 10.00. The standard InChI is InChI=1S/C10H22N2O3.C5H8O2.CH2O/c1-3-15-10(13)12-7-9-14-8-5-4-6-11-2;6-4-2-1-3-5-7;1-2/h11H,3-9H2,1-2H3,(H,12,13);4-5H,1-3H2;1H2. The lowest BCUT2D eigenvalue weighted by Crippen LogP contribution is -2.28. The van der Waals surface area contributed by atoms with Gasteiger partial charge in [-0.2, -0.15) is 0 Å². The molecule has 0 radical (unpaired) electrons. The largest absolute Gasteiger partial charge is 0.450 e. The first-order valence-electron chi connectivity index (χ1n) is 8.02. The van der Waals surface area contributed by atoms with E-state index in [1.165, 1.54) is 0 Å². The summed E-state index contributed by atoms with van der Waals surface area (Å²) in [6.45, 7) is 6.98. The maximum absolute atomic E-state index is 10.8. The first-order valence-corrected chi connectivity index (χ1v) is 8.02. The Labute approximate surface area is 144 Å². The van der Waals surface area contributed by atoms with Crippen LogP contribution in [0.4, 0.5) is 4.79 Å². The Morgan fingerprint density at radius 2 is 1.62 bits per heavy atom. The summed E-state index contributed by atoms with van der Waals surface area (Å²) in [6, 6.07) is 0. The van der Waals surface area contributed by atoms with E-state index < -0.39 is 0 Å². The molecular formula is C16H32N2O6. The Morgan fingerprint density at radius 3 is 2.12 bits per heavy atom. The van der Waals surface area contributed by atoms with E-state index in [9.17, 15) is 14.4 Å². The third-order valence-corrected chi connectivity index (χ3v) is 2.40. The van der Waals surface area contributed by atoms with E-state index in [0.29, 0.717) is 39.0 Å². The highest BCUT2D eigenvalue weighted by Crippen LogP contribution is 1.88. The average Bonchev–Trinajstić information content (AvgIpc) is 2.60. The monoisotopic (exact) mass is 348 g/mol. The summed E-state index contributed by atoms with van der Waals surface area (Å²) >= 11 is 0. The highest BCUT2D eigenvalue weighted by atomic mass is 16.5. The minimum atomic E-state index is -0.378. The quantitative estimate of drug-likeness (QED) is 0.379.